The molecule has 2 aromatic carbocycles. The summed E-state index contributed by atoms with van der Waals surface area (Å²) < 4.78 is 46.2. The number of hydrogen-bond acceptors (Lipinski definition) is 4. The summed E-state index contributed by atoms with van der Waals surface area (Å²) in [5, 5.41) is 2.98. The molecule has 1 aliphatic rings. The van der Waals surface area contributed by atoms with Crippen LogP contribution in [-0.4, -0.2) is 50.3 Å². The van der Waals surface area contributed by atoms with Crippen LogP contribution in [0, 0.1) is 5.92 Å². The van der Waals surface area contributed by atoms with Gasteiger partial charge in [-0.1, -0.05) is 24.3 Å². The van der Waals surface area contributed by atoms with Crippen LogP contribution in [0.3, 0.4) is 0 Å². The van der Waals surface area contributed by atoms with Crippen molar-refractivity contribution >= 4 is 5.91 Å². The number of ether oxygens (including phenoxy) is 2. The Hall–Kier alpha value is -2.58. The molecule has 1 amide bonds. The molecule has 0 aromatic heterocycles. The predicted octanol–water partition coefficient (Wildman–Crippen LogP) is 4.42. The highest BCUT2D eigenvalue weighted by Gasteiger charge is 2.27. The number of piperidine rings is 1. The third-order valence-electron chi connectivity index (χ3n) is 5.57. The maximum absolute atomic E-state index is 12.4. The van der Waals surface area contributed by atoms with Crippen molar-refractivity contribution in [2.75, 3.05) is 33.4 Å². The minimum Gasteiger partial charge on any atom is -0.497 e. The number of benzene rings is 2. The Bertz CT molecular complexity index is 846. The molecule has 174 valence electrons. The van der Waals surface area contributed by atoms with E-state index >= 15 is 0 Å². The van der Waals surface area contributed by atoms with Crippen molar-refractivity contribution in [3.8, 4) is 5.75 Å². The smallest absolute Gasteiger partial charge is 0.411 e. The molecule has 1 aliphatic heterocycles. The van der Waals surface area contributed by atoms with Crippen LogP contribution < -0.4 is 10.1 Å². The molecule has 1 fully saturated rings. The van der Waals surface area contributed by atoms with Crippen LogP contribution >= 0.6 is 0 Å². The summed E-state index contributed by atoms with van der Waals surface area (Å²) in [4.78, 5) is 14.8. The van der Waals surface area contributed by atoms with E-state index in [4.69, 9.17) is 4.74 Å². The fraction of sp³-hybridized carbons (Fsp3) is 0.458. The number of carbonyl (C=O) groups is 1. The third-order valence-corrected chi connectivity index (χ3v) is 5.57. The molecule has 8 heteroatoms. The van der Waals surface area contributed by atoms with Gasteiger partial charge < -0.3 is 14.8 Å². The van der Waals surface area contributed by atoms with Crippen molar-refractivity contribution in [3.63, 3.8) is 0 Å². The van der Waals surface area contributed by atoms with E-state index in [0.717, 1.165) is 38.2 Å². The number of halogens is 3. The van der Waals surface area contributed by atoms with Gasteiger partial charge in [-0.25, -0.2) is 0 Å². The lowest BCUT2D eigenvalue weighted by atomic mass is 9.96. The Balaban J connectivity index is 1.36. The second-order valence-electron chi connectivity index (χ2n) is 8.08. The average molecular weight is 451 g/mol. The molecule has 32 heavy (non-hydrogen) atoms. The van der Waals surface area contributed by atoms with E-state index < -0.39 is 12.8 Å². The highest BCUT2D eigenvalue weighted by molar-refractivity contribution is 5.94. The number of rotatable bonds is 9. The molecule has 0 unspecified atom stereocenters. The summed E-state index contributed by atoms with van der Waals surface area (Å²) in [5.41, 5.74) is 2.33. The Morgan fingerprint density at radius 2 is 1.66 bits per heavy atom. The number of likely N-dealkylation sites (tertiary alicyclic amines) is 1. The number of alkyl halides is 3. The summed E-state index contributed by atoms with van der Waals surface area (Å²) in [5.74, 6) is 1.11. The number of nitrogens with zero attached hydrogens (tertiary/aromatic N) is 1. The maximum atomic E-state index is 12.4. The van der Waals surface area contributed by atoms with Gasteiger partial charge in [0.2, 0.25) is 0 Å². The molecule has 0 atom stereocenters. The van der Waals surface area contributed by atoms with Gasteiger partial charge in [-0.3, -0.25) is 9.69 Å². The van der Waals surface area contributed by atoms with Crippen LogP contribution in [0.15, 0.2) is 48.5 Å². The summed E-state index contributed by atoms with van der Waals surface area (Å²) in [7, 11) is 1.66. The van der Waals surface area contributed by atoms with E-state index in [2.05, 4.69) is 27.1 Å². The normalized spacial score (nSPS) is 15.5. The standard InChI is InChI=1S/C24H29F3N2O3/c1-31-22-8-4-19(5-9-22)15-29-12-10-18(11-13-29)14-28-23(30)21-6-2-20(3-7-21)16-32-17-24(25,26)27/h2-9,18H,10-17H2,1H3,(H,28,30). The van der Waals surface area contributed by atoms with Crippen molar-refractivity contribution in [1.82, 2.24) is 10.2 Å². The van der Waals surface area contributed by atoms with Gasteiger partial charge in [-0.05, 0) is 67.2 Å². The number of carbonyl (C=O) groups excluding carboxylic acids is 1. The topological polar surface area (TPSA) is 50.8 Å². The molecular weight excluding hydrogens is 421 g/mol. The van der Waals surface area contributed by atoms with Gasteiger partial charge in [0.15, 0.2) is 0 Å². The highest BCUT2D eigenvalue weighted by Crippen LogP contribution is 2.20. The number of methoxy groups -OCH3 is 1. The predicted molar refractivity (Wildman–Crippen MR) is 115 cm³/mol. The van der Waals surface area contributed by atoms with Gasteiger partial charge in [-0.2, -0.15) is 13.2 Å². The van der Waals surface area contributed by atoms with E-state index in [0.29, 0.717) is 23.6 Å². The SMILES string of the molecule is COc1ccc(CN2CCC(CNC(=O)c3ccc(COCC(F)(F)F)cc3)CC2)cc1. The zero-order valence-corrected chi connectivity index (χ0v) is 18.2. The first-order valence-corrected chi connectivity index (χ1v) is 10.7. The van der Waals surface area contributed by atoms with Crippen LogP contribution in [0.5, 0.6) is 5.75 Å². The van der Waals surface area contributed by atoms with Gasteiger partial charge in [-0.15, -0.1) is 0 Å². The monoisotopic (exact) mass is 450 g/mol. The molecular formula is C24H29F3N2O3. The van der Waals surface area contributed by atoms with E-state index in [-0.39, 0.29) is 12.5 Å². The molecule has 3 rings (SSSR count). The number of hydrogen-bond donors (Lipinski definition) is 1. The maximum Gasteiger partial charge on any atom is 0.411 e. The Morgan fingerprint density at radius 1 is 1.03 bits per heavy atom. The van der Waals surface area contributed by atoms with Gasteiger partial charge in [0.25, 0.3) is 5.91 Å². The van der Waals surface area contributed by atoms with E-state index in [9.17, 15) is 18.0 Å². The Kier molecular flexibility index (Phi) is 8.53. The summed E-state index contributed by atoms with van der Waals surface area (Å²) in [6, 6.07) is 14.6. The fourth-order valence-electron chi connectivity index (χ4n) is 3.71. The van der Waals surface area contributed by atoms with E-state index in [1.165, 1.54) is 5.56 Å². The molecule has 1 N–H and O–H groups in total. The number of amides is 1. The molecule has 0 radical (unpaired) electrons. The quantitative estimate of drug-likeness (QED) is 0.615. The van der Waals surface area contributed by atoms with Crippen LogP contribution in [0.1, 0.15) is 34.3 Å². The fourth-order valence-corrected chi connectivity index (χ4v) is 3.71. The van der Waals surface area contributed by atoms with Gasteiger partial charge in [0.05, 0.1) is 13.7 Å². The summed E-state index contributed by atoms with van der Waals surface area (Å²) in [6.45, 7) is 2.07. The molecule has 0 spiro atoms. The van der Waals surface area contributed by atoms with Crippen molar-refractivity contribution in [1.29, 1.82) is 0 Å². The van der Waals surface area contributed by atoms with Gasteiger partial charge in [0, 0.05) is 18.7 Å². The minimum atomic E-state index is -4.34. The summed E-state index contributed by atoms with van der Waals surface area (Å²) in [6.07, 6.45) is -2.30. The molecule has 1 saturated heterocycles. The zero-order valence-electron chi connectivity index (χ0n) is 18.2. The minimum absolute atomic E-state index is 0.142. The first kappa shape index (κ1) is 24.1. The third kappa shape index (κ3) is 7.84. The summed E-state index contributed by atoms with van der Waals surface area (Å²) >= 11 is 0. The average Bonchev–Trinajstić information content (AvgIpc) is 2.78. The molecule has 2 aromatic rings. The van der Waals surface area contributed by atoms with Crippen LogP contribution in [0.4, 0.5) is 13.2 Å². The number of nitrogens with one attached hydrogen (secondary N) is 1. The first-order valence-electron chi connectivity index (χ1n) is 10.7. The van der Waals surface area contributed by atoms with Crippen LogP contribution in [0.2, 0.25) is 0 Å². The lowest BCUT2D eigenvalue weighted by Crippen LogP contribution is -2.38. The molecule has 0 saturated carbocycles. The molecule has 0 bridgehead atoms. The van der Waals surface area contributed by atoms with Gasteiger partial charge in [0.1, 0.15) is 12.4 Å². The van der Waals surface area contributed by atoms with E-state index in [1.54, 1.807) is 31.4 Å². The van der Waals surface area contributed by atoms with Gasteiger partial charge >= 0.3 is 6.18 Å². The van der Waals surface area contributed by atoms with Crippen molar-refractivity contribution < 1.29 is 27.4 Å². The second kappa shape index (κ2) is 11.3. The van der Waals surface area contributed by atoms with Crippen molar-refractivity contribution in [3.05, 3.63) is 65.2 Å². The van der Waals surface area contributed by atoms with Crippen molar-refractivity contribution in [2.45, 2.75) is 32.2 Å². The Morgan fingerprint density at radius 3 is 2.25 bits per heavy atom. The highest BCUT2D eigenvalue weighted by atomic mass is 19.4. The molecule has 5 nitrogen and oxygen atoms in total. The first-order chi connectivity index (χ1) is 15.3. The van der Waals surface area contributed by atoms with Crippen LogP contribution in [0.25, 0.3) is 0 Å². The zero-order chi connectivity index (χ0) is 23.0. The second-order valence-corrected chi connectivity index (χ2v) is 8.08. The lowest BCUT2D eigenvalue weighted by Gasteiger charge is -2.32. The molecule has 0 aliphatic carbocycles. The van der Waals surface area contributed by atoms with Crippen molar-refractivity contribution in [2.24, 2.45) is 5.92 Å². The van der Waals surface area contributed by atoms with Crippen LogP contribution in [-0.2, 0) is 17.9 Å². The van der Waals surface area contributed by atoms with E-state index in [1.807, 2.05) is 12.1 Å². The lowest BCUT2D eigenvalue weighted by molar-refractivity contribution is -0.176. The Labute approximate surface area is 186 Å². The molecule has 1 heterocycles. The largest absolute Gasteiger partial charge is 0.497 e.